The summed E-state index contributed by atoms with van der Waals surface area (Å²) in [6, 6.07) is 1.63. The Morgan fingerprint density at radius 1 is 1.35 bits per heavy atom. The molecule has 3 unspecified atom stereocenters. The molecule has 0 amide bonds. The third-order valence-corrected chi connectivity index (χ3v) is 9.75. The molecule has 7 nitrogen and oxygen atoms in total. The van der Waals surface area contributed by atoms with Crippen LogP contribution in [0.5, 0.6) is 0 Å². The van der Waals surface area contributed by atoms with Crippen LogP contribution in [0.1, 0.15) is 52.0 Å². The van der Waals surface area contributed by atoms with E-state index in [-0.39, 0.29) is 6.61 Å². The van der Waals surface area contributed by atoms with Gasteiger partial charge in [0.1, 0.15) is 0 Å². The summed E-state index contributed by atoms with van der Waals surface area (Å²) in [4.78, 5) is 19.9. The zero-order valence-electron chi connectivity index (χ0n) is 13.8. The van der Waals surface area contributed by atoms with Crippen LogP contribution in [0.3, 0.4) is 0 Å². The first-order valence-corrected chi connectivity index (χ1v) is 10.8. The average molecular weight is 366 g/mol. The minimum atomic E-state index is -4.75. The molecule has 0 aromatic carbocycles. The fourth-order valence-electron chi connectivity index (χ4n) is 3.69. The van der Waals surface area contributed by atoms with Crippen molar-refractivity contribution in [1.29, 1.82) is 0 Å². The van der Waals surface area contributed by atoms with Gasteiger partial charge in [0.15, 0.2) is 5.34 Å². The maximum atomic E-state index is 13.5. The van der Waals surface area contributed by atoms with Gasteiger partial charge in [-0.2, -0.15) is 0 Å². The third kappa shape index (κ3) is 2.58. The van der Waals surface area contributed by atoms with E-state index in [9.17, 15) is 18.9 Å². The molecule has 3 atom stereocenters. The third-order valence-electron chi connectivity index (χ3n) is 4.90. The monoisotopic (exact) mass is 366 g/mol. The maximum absolute atomic E-state index is 13.5. The van der Waals surface area contributed by atoms with Crippen molar-refractivity contribution in [3.05, 3.63) is 24.2 Å². The highest BCUT2D eigenvalue weighted by Crippen LogP contribution is 2.82. The molecular formula is C14H24O7P2. The Balaban J connectivity index is 2.77. The summed E-state index contributed by atoms with van der Waals surface area (Å²) in [5.41, 5.74) is 0.553. The number of hydrogen-bond donors (Lipinski definition) is 2. The van der Waals surface area contributed by atoms with Crippen LogP contribution in [0, 0.1) is 0 Å². The van der Waals surface area contributed by atoms with Crippen molar-refractivity contribution in [2.45, 2.75) is 57.0 Å². The van der Waals surface area contributed by atoms with Crippen molar-refractivity contribution in [1.82, 2.24) is 0 Å². The Morgan fingerprint density at radius 2 is 1.96 bits per heavy atom. The summed E-state index contributed by atoms with van der Waals surface area (Å²) in [6.45, 7) is 6.78. The molecule has 23 heavy (non-hydrogen) atoms. The molecule has 1 aromatic rings. The van der Waals surface area contributed by atoms with Crippen LogP contribution >= 0.6 is 15.2 Å². The second-order valence-electron chi connectivity index (χ2n) is 5.91. The van der Waals surface area contributed by atoms with Gasteiger partial charge in [0.25, 0.3) is 0 Å². The number of hydrogen-bond acceptors (Lipinski definition) is 5. The van der Waals surface area contributed by atoms with E-state index in [1.54, 1.807) is 13.0 Å². The Kier molecular flexibility index (Phi) is 5.05. The highest BCUT2D eigenvalue weighted by Gasteiger charge is 2.73. The lowest BCUT2D eigenvalue weighted by Gasteiger charge is -2.37. The first-order chi connectivity index (χ1) is 10.6. The Morgan fingerprint density at radius 3 is 2.35 bits per heavy atom. The minimum Gasteiger partial charge on any atom is -0.472 e. The molecule has 2 heterocycles. The van der Waals surface area contributed by atoms with Gasteiger partial charge in [0.2, 0.25) is 0 Å². The summed E-state index contributed by atoms with van der Waals surface area (Å²) < 4.78 is 41.9. The lowest BCUT2D eigenvalue weighted by molar-refractivity contribution is 0.115. The SMILES string of the molecule is CCOP1(=O)OC(C)(P(=O)(O)O)C(c2ccoc2)C1(CC)CC. The predicted molar refractivity (Wildman–Crippen MR) is 85.5 cm³/mol. The first kappa shape index (κ1) is 18.9. The van der Waals surface area contributed by atoms with E-state index in [1.807, 2.05) is 13.8 Å². The van der Waals surface area contributed by atoms with Crippen molar-refractivity contribution >= 4 is 15.2 Å². The maximum Gasteiger partial charge on any atom is 0.358 e. The lowest BCUT2D eigenvalue weighted by Crippen LogP contribution is -2.40. The van der Waals surface area contributed by atoms with E-state index in [4.69, 9.17) is 13.5 Å². The molecular weight excluding hydrogens is 342 g/mol. The van der Waals surface area contributed by atoms with Crippen molar-refractivity contribution in [2.24, 2.45) is 0 Å². The van der Waals surface area contributed by atoms with E-state index in [0.29, 0.717) is 18.4 Å². The van der Waals surface area contributed by atoms with Gasteiger partial charge in [0, 0.05) is 5.92 Å². The molecule has 1 aliphatic heterocycles. The average Bonchev–Trinajstić information content (AvgIpc) is 3.02. The topological polar surface area (TPSA) is 106 Å². The molecule has 0 radical (unpaired) electrons. The molecule has 0 aliphatic carbocycles. The van der Waals surface area contributed by atoms with Gasteiger partial charge in [-0.15, -0.1) is 0 Å². The highest BCUT2D eigenvalue weighted by atomic mass is 31.2. The standard InChI is InChI=1S/C14H24O7P2/c1-5-14(6-2)12(11-8-9-19-10-11)13(4,22(15,16)17)21-23(14,18)20-7-3/h8-10,12H,5-7H2,1-4H3,(H2,15,16,17). The van der Waals surface area contributed by atoms with E-state index < -0.39 is 31.6 Å². The fourth-order valence-corrected chi connectivity index (χ4v) is 8.19. The molecule has 0 saturated carbocycles. The molecule has 1 aromatic heterocycles. The van der Waals surface area contributed by atoms with Crippen LogP contribution in [0.25, 0.3) is 0 Å². The molecule has 1 aliphatic rings. The summed E-state index contributed by atoms with van der Waals surface area (Å²) in [5, 5.41) is -2.96. The van der Waals surface area contributed by atoms with E-state index in [1.165, 1.54) is 19.5 Å². The van der Waals surface area contributed by atoms with Crippen LogP contribution in [-0.4, -0.2) is 26.9 Å². The summed E-state index contributed by atoms with van der Waals surface area (Å²) in [6.07, 6.45) is 3.64. The fraction of sp³-hybridized carbons (Fsp3) is 0.714. The van der Waals surface area contributed by atoms with Crippen LogP contribution in [0.15, 0.2) is 23.0 Å². The second kappa shape index (κ2) is 6.14. The van der Waals surface area contributed by atoms with Crippen LogP contribution in [0.2, 0.25) is 0 Å². The van der Waals surface area contributed by atoms with Gasteiger partial charge in [-0.25, -0.2) is 0 Å². The summed E-state index contributed by atoms with van der Waals surface area (Å²) in [5.74, 6) is -0.804. The van der Waals surface area contributed by atoms with Crippen LogP contribution in [0.4, 0.5) is 0 Å². The van der Waals surface area contributed by atoms with E-state index >= 15 is 0 Å². The molecule has 2 rings (SSSR count). The Bertz CT molecular complexity index is 632. The number of rotatable bonds is 6. The molecule has 1 fully saturated rings. The zero-order chi connectivity index (χ0) is 17.5. The van der Waals surface area contributed by atoms with Gasteiger partial charge >= 0.3 is 15.2 Å². The van der Waals surface area contributed by atoms with Crippen molar-refractivity contribution in [3.8, 4) is 0 Å². The molecule has 132 valence electrons. The smallest absolute Gasteiger partial charge is 0.358 e. The van der Waals surface area contributed by atoms with Gasteiger partial charge in [-0.1, -0.05) is 13.8 Å². The van der Waals surface area contributed by atoms with E-state index in [0.717, 1.165) is 0 Å². The van der Waals surface area contributed by atoms with Crippen LogP contribution < -0.4 is 0 Å². The molecule has 9 heteroatoms. The largest absolute Gasteiger partial charge is 0.472 e. The number of furan rings is 1. The van der Waals surface area contributed by atoms with Crippen molar-refractivity contribution < 1.29 is 32.4 Å². The first-order valence-electron chi connectivity index (χ1n) is 7.65. The normalized spacial score (nSPS) is 33.9. The summed E-state index contributed by atoms with van der Waals surface area (Å²) in [7, 11) is -8.51. The van der Waals surface area contributed by atoms with E-state index in [2.05, 4.69) is 0 Å². The van der Waals surface area contributed by atoms with Gasteiger partial charge < -0.3 is 18.7 Å². The molecule has 2 N–H and O–H groups in total. The van der Waals surface area contributed by atoms with Crippen molar-refractivity contribution in [2.75, 3.05) is 6.61 Å². The van der Waals surface area contributed by atoms with Gasteiger partial charge in [-0.3, -0.25) is 13.7 Å². The molecule has 0 spiro atoms. The molecule has 1 saturated heterocycles. The molecule has 0 bridgehead atoms. The Hall–Kier alpha value is -0.420. The van der Waals surface area contributed by atoms with Crippen LogP contribution in [-0.2, 0) is 18.2 Å². The Labute approximate surface area is 136 Å². The second-order valence-corrected chi connectivity index (χ2v) is 10.2. The highest BCUT2D eigenvalue weighted by molar-refractivity contribution is 7.59. The predicted octanol–water partition coefficient (Wildman–Crippen LogP) is 4.08. The minimum absolute atomic E-state index is 0.133. The lowest BCUT2D eigenvalue weighted by atomic mass is 9.79. The van der Waals surface area contributed by atoms with Gasteiger partial charge in [-0.05, 0) is 38.3 Å². The zero-order valence-corrected chi connectivity index (χ0v) is 15.5. The quantitative estimate of drug-likeness (QED) is 0.731. The van der Waals surface area contributed by atoms with Crippen molar-refractivity contribution in [3.63, 3.8) is 0 Å². The summed E-state index contributed by atoms with van der Waals surface area (Å²) >= 11 is 0. The van der Waals surface area contributed by atoms with Gasteiger partial charge in [0.05, 0.1) is 24.3 Å².